The first kappa shape index (κ1) is 13.0. The van der Waals surface area contributed by atoms with Gasteiger partial charge in [-0.05, 0) is 31.4 Å². The maximum atomic E-state index is 6.09. The van der Waals surface area contributed by atoms with Crippen molar-refractivity contribution in [2.24, 2.45) is 0 Å². The predicted octanol–water partition coefficient (Wildman–Crippen LogP) is 3.90. The Morgan fingerprint density at radius 3 is 2.82 bits per heavy atom. The zero-order valence-electron chi connectivity index (χ0n) is 9.88. The van der Waals surface area contributed by atoms with Gasteiger partial charge in [0.1, 0.15) is 16.9 Å². The highest BCUT2D eigenvalue weighted by Crippen LogP contribution is 2.32. The molecule has 1 aliphatic carbocycles. The van der Waals surface area contributed by atoms with Crippen LogP contribution in [0, 0.1) is 0 Å². The van der Waals surface area contributed by atoms with Crippen LogP contribution in [-0.2, 0) is 0 Å². The van der Waals surface area contributed by atoms with Crippen molar-refractivity contribution in [2.75, 3.05) is 6.54 Å². The summed E-state index contributed by atoms with van der Waals surface area (Å²) >= 11 is 12.0. The van der Waals surface area contributed by atoms with E-state index in [1.54, 1.807) is 6.07 Å². The Balaban J connectivity index is 1.93. The van der Waals surface area contributed by atoms with Crippen molar-refractivity contribution in [3.63, 3.8) is 0 Å². The first-order chi connectivity index (χ1) is 8.20. The van der Waals surface area contributed by atoms with Crippen molar-refractivity contribution in [1.82, 2.24) is 5.32 Å². The average Bonchev–Trinajstić information content (AvgIpc) is 3.13. The molecule has 1 atom stereocenters. The summed E-state index contributed by atoms with van der Waals surface area (Å²) in [5.74, 6) is 0.670. The van der Waals surface area contributed by atoms with Crippen molar-refractivity contribution in [2.45, 2.75) is 38.3 Å². The number of ether oxygens (including phenoxy) is 1. The van der Waals surface area contributed by atoms with Crippen LogP contribution < -0.4 is 10.1 Å². The highest BCUT2D eigenvalue weighted by molar-refractivity contribution is 6.42. The molecule has 1 aliphatic rings. The topological polar surface area (TPSA) is 21.3 Å². The lowest BCUT2D eigenvalue weighted by atomic mass is 10.2. The molecule has 0 radical (unpaired) electrons. The molecule has 0 aliphatic heterocycles. The van der Waals surface area contributed by atoms with E-state index < -0.39 is 0 Å². The maximum Gasteiger partial charge on any atom is 0.139 e. The fourth-order valence-corrected chi connectivity index (χ4v) is 1.95. The van der Waals surface area contributed by atoms with E-state index in [1.807, 2.05) is 12.1 Å². The Labute approximate surface area is 112 Å². The van der Waals surface area contributed by atoms with Crippen LogP contribution in [0.15, 0.2) is 18.2 Å². The van der Waals surface area contributed by atoms with E-state index in [0.717, 1.165) is 13.0 Å². The molecule has 1 aromatic carbocycles. The lowest BCUT2D eigenvalue weighted by Crippen LogP contribution is -2.32. The second-order valence-corrected chi connectivity index (χ2v) is 5.17. The third kappa shape index (κ3) is 3.77. The fraction of sp³-hybridized carbons (Fsp3) is 0.538. The molecule has 0 heterocycles. The number of rotatable bonds is 6. The molecule has 1 fully saturated rings. The number of halogens is 2. The third-order valence-corrected chi connectivity index (χ3v) is 3.68. The first-order valence-corrected chi connectivity index (χ1v) is 6.80. The van der Waals surface area contributed by atoms with E-state index in [0.29, 0.717) is 21.8 Å². The van der Waals surface area contributed by atoms with Crippen LogP contribution in [0.3, 0.4) is 0 Å². The molecule has 1 unspecified atom stereocenters. The standard InChI is InChI=1S/C13H17Cl2NO/c1-2-10(8-16-9-6-7-9)17-12-5-3-4-11(14)13(12)15/h3-5,9-10,16H,2,6-8H2,1H3. The van der Waals surface area contributed by atoms with Crippen LogP contribution in [0.2, 0.25) is 10.0 Å². The summed E-state index contributed by atoms with van der Waals surface area (Å²) < 4.78 is 5.87. The largest absolute Gasteiger partial charge is 0.487 e. The molecule has 2 nitrogen and oxygen atoms in total. The van der Waals surface area contributed by atoms with Crippen LogP contribution in [0.5, 0.6) is 5.75 Å². The predicted molar refractivity (Wildman–Crippen MR) is 72.2 cm³/mol. The minimum Gasteiger partial charge on any atom is -0.487 e. The number of nitrogens with one attached hydrogen (secondary N) is 1. The van der Waals surface area contributed by atoms with E-state index in [4.69, 9.17) is 27.9 Å². The number of hydrogen-bond donors (Lipinski definition) is 1. The van der Waals surface area contributed by atoms with E-state index in [9.17, 15) is 0 Å². The van der Waals surface area contributed by atoms with E-state index in [2.05, 4.69) is 12.2 Å². The van der Waals surface area contributed by atoms with Gasteiger partial charge in [0.15, 0.2) is 0 Å². The van der Waals surface area contributed by atoms with Gasteiger partial charge in [0, 0.05) is 12.6 Å². The molecule has 1 saturated carbocycles. The van der Waals surface area contributed by atoms with Crippen LogP contribution in [0.4, 0.5) is 0 Å². The van der Waals surface area contributed by atoms with Crippen molar-refractivity contribution in [3.8, 4) is 5.75 Å². The van der Waals surface area contributed by atoms with Crippen LogP contribution in [0.25, 0.3) is 0 Å². The summed E-state index contributed by atoms with van der Waals surface area (Å²) in [6.45, 7) is 2.97. The Kier molecular flexibility index (Phi) is 4.55. The lowest BCUT2D eigenvalue weighted by molar-refractivity contribution is 0.193. The molecule has 0 saturated heterocycles. The molecular formula is C13H17Cl2NO. The second kappa shape index (κ2) is 5.94. The third-order valence-electron chi connectivity index (χ3n) is 2.88. The van der Waals surface area contributed by atoms with E-state index in [1.165, 1.54) is 12.8 Å². The SMILES string of the molecule is CCC(CNC1CC1)Oc1cccc(Cl)c1Cl. The van der Waals surface area contributed by atoms with E-state index in [-0.39, 0.29) is 6.10 Å². The Hall–Kier alpha value is -0.440. The van der Waals surface area contributed by atoms with Gasteiger partial charge in [0.25, 0.3) is 0 Å². The molecular weight excluding hydrogens is 257 g/mol. The minimum absolute atomic E-state index is 0.145. The summed E-state index contributed by atoms with van der Waals surface area (Å²) in [6, 6.07) is 6.17. The minimum atomic E-state index is 0.145. The van der Waals surface area contributed by atoms with E-state index >= 15 is 0 Å². The number of benzene rings is 1. The molecule has 1 N–H and O–H groups in total. The normalized spacial score (nSPS) is 16.9. The second-order valence-electron chi connectivity index (χ2n) is 4.38. The summed E-state index contributed by atoms with van der Waals surface area (Å²) in [6.07, 6.45) is 3.66. The van der Waals surface area contributed by atoms with Crippen LogP contribution >= 0.6 is 23.2 Å². The molecule has 0 aromatic heterocycles. The Bertz CT molecular complexity index is 380. The van der Waals surface area contributed by atoms with Gasteiger partial charge in [-0.3, -0.25) is 0 Å². The van der Waals surface area contributed by atoms with Crippen molar-refractivity contribution in [3.05, 3.63) is 28.2 Å². The summed E-state index contributed by atoms with van der Waals surface area (Å²) in [4.78, 5) is 0. The Morgan fingerprint density at radius 1 is 1.41 bits per heavy atom. The zero-order valence-corrected chi connectivity index (χ0v) is 11.4. The van der Waals surface area contributed by atoms with Crippen LogP contribution in [0.1, 0.15) is 26.2 Å². The molecule has 0 bridgehead atoms. The number of hydrogen-bond acceptors (Lipinski definition) is 2. The highest BCUT2D eigenvalue weighted by Gasteiger charge is 2.22. The molecule has 2 rings (SSSR count). The molecule has 1 aromatic rings. The van der Waals surface area contributed by atoms with Crippen molar-refractivity contribution >= 4 is 23.2 Å². The quantitative estimate of drug-likeness (QED) is 0.849. The summed E-state index contributed by atoms with van der Waals surface area (Å²) in [5.41, 5.74) is 0. The monoisotopic (exact) mass is 273 g/mol. The van der Waals surface area contributed by atoms with Gasteiger partial charge in [-0.2, -0.15) is 0 Å². The van der Waals surface area contributed by atoms with Gasteiger partial charge < -0.3 is 10.1 Å². The maximum absolute atomic E-state index is 6.09. The summed E-state index contributed by atoms with van der Waals surface area (Å²) in [5, 5.41) is 4.50. The van der Waals surface area contributed by atoms with Gasteiger partial charge in [0.05, 0.1) is 5.02 Å². The lowest BCUT2D eigenvalue weighted by Gasteiger charge is -2.19. The molecule has 4 heteroatoms. The van der Waals surface area contributed by atoms with Gasteiger partial charge in [-0.15, -0.1) is 0 Å². The smallest absolute Gasteiger partial charge is 0.139 e. The molecule has 94 valence electrons. The van der Waals surface area contributed by atoms with Crippen molar-refractivity contribution < 1.29 is 4.74 Å². The fourth-order valence-electron chi connectivity index (χ4n) is 1.61. The Morgan fingerprint density at radius 2 is 2.18 bits per heavy atom. The van der Waals surface area contributed by atoms with Crippen LogP contribution in [-0.4, -0.2) is 18.7 Å². The van der Waals surface area contributed by atoms with Gasteiger partial charge in [-0.25, -0.2) is 0 Å². The van der Waals surface area contributed by atoms with Gasteiger partial charge in [-0.1, -0.05) is 36.2 Å². The molecule has 17 heavy (non-hydrogen) atoms. The van der Waals surface area contributed by atoms with Gasteiger partial charge >= 0.3 is 0 Å². The zero-order chi connectivity index (χ0) is 12.3. The first-order valence-electron chi connectivity index (χ1n) is 6.04. The average molecular weight is 274 g/mol. The molecule has 0 spiro atoms. The van der Waals surface area contributed by atoms with Gasteiger partial charge in [0.2, 0.25) is 0 Å². The highest BCUT2D eigenvalue weighted by atomic mass is 35.5. The summed E-state index contributed by atoms with van der Waals surface area (Å²) in [7, 11) is 0. The molecule has 0 amide bonds. The van der Waals surface area contributed by atoms with Crippen molar-refractivity contribution in [1.29, 1.82) is 0 Å².